The second-order valence-corrected chi connectivity index (χ2v) is 3.11. The third-order valence-corrected chi connectivity index (χ3v) is 1.08. The van der Waals surface area contributed by atoms with Gasteiger partial charge in [-0.05, 0) is 0 Å². The molecule has 0 heterocycles. The SMILES string of the molecule is CC(C)[CH-]CC(C)C.[Y]. The van der Waals surface area contributed by atoms with Crippen LogP contribution < -0.4 is 0 Å². The van der Waals surface area contributed by atoms with E-state index in [9.17, 15) is 0 Å². The maximum absolute atomic E-state index is 2.37. The van der Waals surface area contributed by atoms with E-state index < -0.39 is 0 Å². The summed E-state index contributed by atoms with van der Waals surface area (Å²) in [4.78, 5) is 0. The van der Waals surface area contributed by atoms with Crippen LogP contribution in [-0.4, -0.2) is 0 Å². The summed E-state index contributed by atoms with van der Waals surface area (Å²) >= 11 is 0. The first-order chi connectivity index (χ1) is 3.63. The van der Waals surface area contributed by atoms with Gasteiger partial charge < -0.3 is 6.42 Å². The third kappa shape index (κ3) is 12.3. The van der Waals surface area contributed by atoms with E-state index in [1.165, 1.54) is 6.42 Å². The average molecular weight is 202 g/mol. The summed E-state index contributed by atoms with van der Waals surface area (Å²) in [6.07, 6.45) is 3.63. The molecule has 0 spiro atoms. The molecule has 1 heteroatoms. The summed E-state index contributed by atoms with van der Waals surface area (Å²) in [6.45, 7) is 8.95. The van der Waals surface area contributed by atoms with Crippen LogP contribution in [0.5, 0.6) is 0 Å². The third-order valence-electron chi connectivity index (χ3n) is 1.08. The first-order valence-corrected chi connectivity index (χ1v) is 3.46. The minimum atomic E-state index is 0. The molecule has 0 aromatic heterocycles. The Morgan fingerprint density at radius 2 is 1.56 bits per heavy atom. The Balaban J connectivity index is 0. The zero-order valence-electron chi connectivity index (χ0n) is 7.02. The Bertz CT molecular complexity index is 40.5. The van der Waals surface area contributed by atoms with Crippen LogP contribution in [0.1, 0.15) is 34.1 Å². The molecule has 1 radical (unpaired) electrons. The fourth-order valence-corrected chi connectivity index (χ4v) is 0.544. The fourth-order valence-electron chi connectivity index (χ4n) is 0.544. The molecule has 0 unspecified atom stereocenters. The van der Waals surface area contributed by atoms with Gasteiger partial charge in [-0.25, -0.2) is 0 Å². The van der Waals surface area contributed by atoms with E-state index in [4.69, 9.17) is 0 Å². The van der Waals surface area contributed by atoms with Crippen LogP contribution in [0.15, 0.2) is 0 Å². The summed E-state index contributed by atoms with van der Waals surface area (Å²) in [5.41, 5.74) is 0. The topological polar surface area (TPSA) is 0 Å². The van der Waals surface area contributed by atoms with Gasteiger partial charge in [0.15, 0.2) is 0 Å². The number of hydrogen-bond acceptors (Lipinski definition) is 0. The molecule has 0 aromatic carbocycles. The molecule has 0 aromatic rings. The van der Waals surface area contributed by atoms with Crippen LogP contribution in [-0.2, 0) is 32.7 Å². The van der Waals surface area contributed by atoms with Crippen molar-refractivity contribution in [3.8, 4) is 0 Å². The number of rotatable bonds is 3. The molecular weight excluding hydrogens is 185 g/mol. The zero-order chi connectivity index (χ0) is 6.57. The maximum atomic E-state index is 2.37. The smallest absolute Gasteiger partial charge is 0 e. The van der Waals surface area contributed by atoms with Gasteiger partial charge in [0.05, 0.1) is 0 Å². The van der Waals surface area contributed by atoms with E-state index in [0.29, 0.717) is 0 Å². The molecule has 0 saturated heterocycles. The predicted molar refractivity (Wildman–Crippen MR) is 38.6 cm³/mol. The molecule has 0 aliphatic heterocycles. The largest absolute Gasteiger partial charge is 0.326 e. The molecule has 9 heavy (non-hydrogen) atoms. The molecule has 0 aliphatic carbocycles. The van der Waals surface area contributed by atoms with Gasteiger partial charge in [0.2, 0.25) is 0 Å². The summed E-state index contributed by atoms with van der Waals surface area (Å²) in [6, 6.07) is 0. The fraction of sp³-hybridized carbons (Fsp3) is 0.875. The zero-order valence-corrected chi connectivity index (χ0v) is 9.85. The van der Waals surface area contributed by atoms with Gasteiger partial charge in [0.25, 0.3) is 0 Å². The molecule has 0 N–H and O–H groups in total. The molecule has 0 bridgehead atoms. The van der Waals surface area contributed by atoms with Gasteiger partial charge in [0, 0.05) is 32.7 Å². The van der Waals surface area contributed by atoms with Crippen molar-refractivity contribution in [2.24, 2.45) is 11.8 Å². The average Bonchev–Trinajstić information content (AvgIpc) is 1.61. The molecular formula is C8H17Y-. The van der Waals surface area contributed by atoms with Gasteiger partial charge in [-0.3, -0.25) is 0 Å². The van der Waals surface area contributed by atoms with Crippen molar-refractivity contribution in [2.75, 3.05) is 0 Å². The second-order valence-electron chi connectivity index (χ2n) is 3.11. The van der Waals surface area contributed by atoms with E-state index in [0.717, 1.165) is 11.8 Å². The van der Waals surface area contributed by atoms with Crippen molar-refractivity contribution >= 4 is 0 Å². The molecule has 0 saturated carbocycles. The molecule has 0 atom stereocenters. The normalized spacial score (nSPS) is 10.0. The van der Waals surface area contributed by atoms with E-state index in [-0.39, 0.29) is 32.7 Å². The Hall–Kier alpha value is 1.10. The quantitative estimate of drug-likeness (QED) is 0.617. The minimum absolute atomic E-state index is 0. The Morgan fingerprint density at radius 1 is 1.11 bits per heavy atom. The summed E-state index contributed by atoms with van der Waals surface area (Å²) < 4.78 is 0. The Morgan fingerprint density at radius 3 is 1.67 bits per heavy atom. The van der Waals surface area contributed by atoms with Gasteiger partial charge in [-0.2, -0.15) is 12.3 Å². The van der Waals surface area contributed by atoms with Crippen LogP contribution in [0.2, 0.25) is 0 Å². The van der Waals surface area contributed by atoms with Crippen LogP contribution in [0, 0.1) is 18.3 Å². The van der Waals surface area contributed by atoms with Gasteiger partial charge >= 0.3 is 0 Å². The van der Waals surface area contributed by atoms with Crippen molar-refractivity contribution in [1.29, 1.82) is 0 Å². The Kier molecular flexibility index (Phi) is 10.2. The van der Waals surface area contributed by atoms with Crippen LogP contribution in [0.4, 0.5) is 0 Å². The van der Waals surface area contributed by atoms with Crippen molar-refractivity contribution in [1.82, 2.24) is 0 Å². The second kappa shape index (κ2) is 7.21. The molecule has 0 aliphatic rings. The van der Waals surface area contributed by atoms with Crippen molar-refractivity contribution in [3.05, 3.63) is 6.42 Å². The first kappa shape index (κ1) is 12.8. The summed E-state index contributed by atoms with van der Waals surface area (Å²) in [5.74, 6) is 1.59. The molecule has 0 nitrogen and oxygen atoms in total. The number of hydrogen-bond donors (Lipinski definition) is 0. The van der Waals surface area contributed by atoms with E-state index in [2.05, 4.69) is 34.1 Å². The summed E-state index contributed by atoms with van der Waals surface area (Å²) in [7, 11) is 0. The van der Waals surface area contributed by atoms with Crippen molar-refractivity contribution in [3.63, 3.8) is 0 Å². The molecule has 0 rings (SSSR count). The predicted octanol–water partition coefficient (Wildman–Crippen LogP) is 2.89. The van der Waals surface area contributed by atoms with E-state index in [1.54, 1.807) is 0 Å². The Labute approximate surface area is 84.7 Å². The monoisotopic (exact) mass is 202 g/mol. The molecule has 0 fully saturated rings. The molecule has 53 valence electrons. The minimum Gasteiger partial charge on any atom is -0.326 e. The molecule has 0 amide bonds. The standard InChI is InChI=1S/C8H17.Y/c1-7(2)5-6-8(3)4;/h5,7-8H,6H2,1-4H3;/q-1;. The summed E-state index contributed by atoms with van der Waals surface area (Å²) in [5, 5.41) is 0. The maximum Gasteiger partial charge on any atom is 0 e. The van der Waals surface area contributed by atoms with Crippen molar-refractivity contribution in [2.45, 2.75) is 34.1 Å². The van der Waals surface area contributed by atoms with Gasteiger partial charge in [-0.1, -0.05) is 33.6 Å². The first-order valence-electron chi connectivity index (χ1n) is 3.46. The van der Waals surface area contributed by atoms with E-state index >= 15 is 0 Å². The van der Waals surface area contributed by atoms with Crippen LogP contribution >= 0.6 is 0 Å². The van der Waals surface area contributed by atoms with Gasteiger partial charge in [-0.15, -0.1) is 0 Å². The van der Waals surface area contributed by atoms with Crippen LogP contribution in [0.3, 0.4) is 0 Å². The van der Waals surface area contributed by atoms with Crippen LogP contribution in [0.25, 0.3) is 0 Å². The van der Waals surface area contributed by atoms with E-state index in [1.807, 2.05) is 0 Å². The van der Waals surface area contributed by atoms with Gasteiger partial charge in [0.1, 0.15) is 0 Å². The van der Waals surface area contributed by atoms with Crippen molar-refractivity contribution < 1.29 is 32.7 Å².